The lowest BCUT2D eigenvalue weighted by molar-refractivity contribution is -0.131. The number of nitrogens with two attached hydrogens (primary N) is 1. The Morgan fingerprint density at radius 3 is 2.25 bits per heavy atom. The number of nitrogens with zero attached hydrogens (tertiary/aromatic N) is 2. The van der Waals surface area contributed by atoms with Crippen LogP contribution in [0.1, 0.15) is 16.5 Å². The summed E-state index contributed by atoms with van der Waals surface area (Å²) in [6.45, 7) is 1.34. The number of aromatic nitrogens is 2. The van der Waals surface area contributed by atoms with Crippen molar-refractivity contribution in [3.8, 4) is 0 Å². The summed E-state index contributed by atoms with van der Waals surface area (Å²) in [4.78, 5) is 0. The Balaban J connectivity index is 3.41. The molecule has 0 saturated carbocycles. The van der Waals surface area contributed by atoms with Crippen molar-refractivity contribution in [1.82, 2.24) is 9.78 Å². The SMILES string of the molecule is Cc1c(C(C(F)(F)F)S(N)(=O)=O)cnn1C. The fourth-order valence-electron chi connectivity index (χ4n) is 1.31. The van der Waals surface area contributed by atoms with E-state index in [4.69, 9.17) is 0 Å². The van der Waals surface area contributed by atoms with Crippen molar-refractivity contribution in [3.63, 3.8) is 0 Å². The van der Waals surface area contributed by atoms with E-state index in [1.807, 2.05) is 0 Å². The Kier molecular flexibility index (Phi) is 3.03. The third-order valence-corrected chi connectivity index (χ3v) is 3.36. The maximum Gasteiger partial charge on any atom is 0.410 e. The summed E-state index contributed by atoms with van der Waals surface area (Å²) in [6, 6.07) is 0. The summed E-state index contributed by atoms with van der Waals surface area (Å²) in [5.74, 6) is 0. The Hall–Kier alpha value is -1.09. The van der Waals surface area contributed by atoms with Gasteiger partial charge in [0.2, 0.25) is 10.0 Å². The third kappa shape index (κ3) is 2.35. The standard InChI is InChI=1S/C7H10F3N3O2S/c1-4-5(3-12-13(4)2)6(7(8,9)10)16(11,14)15/h3,6H,1-2H3,(H2,11,14,15). The molecule has 1 aromatic rings. The summed E-state index contributed by atoms with van der Waals surface area (Å²) < 4.78 is 60.9. The molecular weight excluding hydrogens is 247 g/mol. The Morgan fingerprint density at radius 1 is 1.50 bits per heavy atom. The predicted molar refractivity (Wildman–Crippen MR) is 49.8 cm³/mol. The highest BCUT2D eigenvalue weighted by molar-refractivity contribution is 7.89. The smallest absolute Gasteiger partial charge is 0.273 e. The summed E-state index contributed by atoms with van der Waals surface area (Å²) in [7, 11) is -3.35. The first kappa shape index (κ1) is 13.0. The molecule has 92 valence electrons. The summed E-state index contributed by atoms with van der Waals surface area (Å²) in [5, 5.41) is 5.42. The first-order valence-electron chi connectivity index (χ1n) is 4.12. The van der Waals surface area contributed by atoms with Crippen LogP contribution in [0.4, 0.5) is 13.2 Å². The summed E-state index contributed by atoms with van der Waals surface area (Å²) in [5.41, 5.74) is -0.339. The van der Waals surface area contributed by atoms with Crippen LogP contribution >= 0.6 is 0 Å². The van der Waals surface area contributed by atoms with Crippen LogP contribution < -0.4 is 5.14 Å². The predicted octanol–water partition coefficient (Wildman–Crippen LogP) is 0.620. The molecule has 0 aromatic carbocycles. The van der Waals surface area contributed by atoms with Crippen molar-refractivity contribution in [2.24, 2.45) is 12.2 Å². The van der Waals surface area contributed by atoms with Gasteiger partial charge in [-0.1, -0.05) is 0 Å². The molecule has 2 N–H and O–H groups in total. The molecule has 1 atom stereocenters. The summed E-state index contributed by atoms with van der Waals surface area (Å²) in [6.07, 6.45) is -4.10. The molecule has 0 saturated heterocycles. The molecule has 1 unspecified atom stereocenters. The van der Waals surface area contributed by atoms with Crippen LogP contribution in [0.5, 0.6) is 0 Å². The molecule has 0 aliphatic rings. The molecule has 0 amide bonds. The van der Waals surface area contributed by atoms with Gasteiger partial charge in [0.05, 0.1) is 6.20 Å². The number of sulfonamides is 1. The molecule has 0 aliphatic carbocycles. The maximum atomic E-state index is 12.6. The van der Waals surface area contributed by atoms with Crippen molar-refractivity contribution >= 4 is 10.0 Å². The Bertz CT molecular complexity index is 491. The molecule has 0 bridgehead atoms. The van der Waals surface area contributed by atoms with Crippen molar-refractivity contribution in [1.29, 1.82) is 0 Å². The molecule has 0 fully saturated rings. The van der Waals surface area contributed by atoms with E-state index in [1.54, 1.807) is 0 Å². The number of hydrogen-bond donors (Lipinski definition) is 1. The lowest BCUT2D eigenvalue weighted by atomic mass is 10.2. The average Bonchev–Trinajstić information content (AvgIpc) is 2.31. The molecule has 1 heterocycles. The second kappa shape index (κ2) is 3.74. The zero-order valence-corrected chi connectivity index (χ0v) is 9.30. The fraction of sp³-hybridized carbons (Fsp3) is 0.571. The normalized spacial score (nSPS) is 15.1. The largest absolute Gasteiger partial charge is 0.410 e. The first-order valence-corrected chi connectivity index (χ1v) is 5.73. The minimum Gasteiger partial charge on any atom is -0.273 e. The van der Waals surface area contributed by atoms with Crippen LogP contribution in [0.15, 0.2) is 6.20 Å². The highest BCUT2D eigenvalue weighted by atomic mass is 32.2. The van der Waals surface area contributed by atoms with Crippen LogP contribution in [0.3, 0.4) is 0 Å². The molecule has 9 heteroatoms. The number of halogens is 3. The Morgan fingerprint density at radius 2 is 2.00 bits per heavy atom. The van der Waals surface area contributed by atoms with Gasteiger partial charge in [-0.15, -0.1) is 0 Å². The average molecular weight is 257 g/mol. The van der Waals surface area contributed by atoms with Gasteiger partial charge in [0.1, 0.15) is 0 Å². The quantitative estimate of drug-likeness (QED) is 0.843. The number of hydrogen-bond acceptors (Lipinski definition) is 3. The van der Waals surface area contributed by atoms with E-state index in [1.165, 1.54) is 14.0 Å². The minimum absolute atomic E-state index is 0.108. The zero-order chi connectivity index (χ0) is 12.7. The van der Waals surface area contributed by atoms with Crippen molar-refractivity contribution < 1.29 is 21.6 Å². The second-order valence-electron chi connectivity index (χ2n) is 3.32. The molecule has 0 radical (unpaired) electrons. The van der Waals surface area contributed by atoms with Gasteiger partial charge in [-0.3, -0.25) is 4.68 Å². The van der Waals surface area contributed by atoms with Gasteiger partial charge in [-0.25, -0.2) is 13.6 Å². The van der Waals surface area contributed by atoms with Crippen molar-refractivity contribution in [3.05, 3.63) is 17.5 Å². The number of alkyl halides is 3. The van der Waals surface area contributed by atoms with Crippen LogP contribution in [0.2, 0.25) is 0 Å². The molecule has 0 spiro atoms. The monoisotopic (exact) mass is 257 g/mol. The Labute approximate surface area is 90.1 Å². The van der Waals surface area contributed by atoms with E-state index >= 15 is 0 Å². The molecule has 16 heavy (non-hydrogen) atoms. The molecule has 5 nitrogen and oxygen atoms in total. The first-order chi connectivity index (χ1) is 7.05. The van der Waals surface area contributed by atoms with E-state index in [0.717, 1.165) is 10.9 Å². The number of aryl methyl sites for hydroxylation is 1. The fourth-order valence-corrected chi connectivity index (χ4v) is 2.27. The van der Waals surface area contributed by atoms with Gasteiger partial charge in [-0.2, -0.15) is 18.3 Å². The molecular formula is C7H10F3N3O2S. The summed E-state index contributed by atoms with van der Waals surface area (Å²) >= 11 is 0. The lowest BCUT2D eigenvalue weighted by Gasteiger charge is -2.17. The van der Waals surface area contributed by atoms with E-state index in [-0.39, 0.29) is 5.69 Å². The third-order valence-electron chi connectivity index (χ3n) is 2.18. The van der Waals surface area contributed by atoms with Gasteiger partial charge in [-0.05, 0) is 6.92 Å². The van der Waals surface area contributed by atoms with E-state index in [2.05, 4.69) is 10.2 Å². The highest BCUT2D eigenvalue weighted by Gasteiger charge is 2.49. The number of rotatable bonds is 2. The minimum atomic E-state index is -4.96. The van der Waals surface area contributed by atoms with Crippen molar-refractivity contribution in [2.75, 3.05) is 0 Å². The van der Waals surface area contributed by atoms with Gasteiger partial charge >= 0.3 is 6.18 Å². The molecule has 1 aromatic heterocycles. The van der Waals surface area contributed by atoms with Gasteiger partial charge in [0.15, 0.2) is 5.25 Å². The van der Waals surface area contributed by atoms with Crippen LogP contribution in [0, 0.1) is 6.92 Å². The zero-order valence-electron chi connectivity index (χ0n) is 8.49. The second-order valence-corrected chi connectivity index (χ2v) is 4.97. The molecule has 0 aliphatic heterocycles. The maximum absolute atomic E-state index is 12.6. The van der Waals surface area contributed by atoms with Crippen LogP contribution in [0.25, 0.3) is 0 Å². The topological polar surface area (TPSA) is 78.0 Å². The van der Waals surface area contributed by atoms with Crippen LogP contribution in [-0.2, 0) is 17.1 Å². The van der Waals surface area contributed by atoms with Crippen molar-refractivity contribution in [2.45, 2.75) is 18.3 Å². The van der Waals surface area contributed by atoms with Gasteiger partial charge in [0, 0.05) is 18.3 Å². The highest BCUT2D eigenvalue weighted by Crippen LogP contribution is 2.38. The van der Waals surface area contributed by atoms with E-state index in [0.29, 0.717) is 0 Å². The van der Waals surface area contributed by atoms with Gasteiger partial charge in [0.25, 0.3) is 0 Å². The van der Waals surface area contributed by atoms with E-state index in [9.17, 15) is 21.6 Å². The molecule has 1 rings (SSSR count). The number of primary sulfonamides is 1. The van der Waals surface area contributed by atoms with Gasteiger partial charge < -0.3 is 0 Å². The van der Waals surface area contributed by atoms with E-state index < -0.39 is 27.0 Å². The lowest BCUT2D eigenvalue weighted by Crippen LogP contribution is -2.33. The van der Waals surface area contributed by atoms with Crippen LogP contribution in [-0.4, -0.2) is 24.4 Å².